The van der Waals surface area contributed by atoms with Gasteiger partial charge in [-0.25, -0.2) is 4.98 Å². The Morgan fingerprint density at radius 2 is 2.05 bits per heavy atom. The summed E-state index contributed by atoms with van der Waals surface area (Å²) in [5, 5.41) is 7.40. The number of nitrogens with two attached hydrogens (primary N) is 1. The molecule has 2 aromatic heterocycles. The maximum absolute atomic E-state index is 5.94. The van der Waals surface area contributed by atoms with Gasteiger partial charge in [-0.15, -0.1) is 0 Å². The van der Waals surface area contributed by atoms with Crippen LogP contribution in [0.4, 0.5) is 17.3 Å². The van der Waals surface area contributed by atoms with Gasteiger partial charge in [0.25, 0.3) is 0 Å². The lowest BCUT2D eigenvalue weighted by atomic mass is 10.1. The molecule has 3 rings (SSSR count). The van der Waals surface area contributed by atoms with Gasteiger partial charge in [0.05, 0.1) is 11.2 Å². The van der Waals surface area contributed by atoms with E-state index in [0.29, 0.717) is 18.1 Å². The molecule has 0 aliphatic rings. The first kappa shape index (κ1) is 13.2. The Bertz CT molecular complexity index is 769. The summed E-state index contributed by atoms with van der Waals surface area (Å²) < 4.78 is 0. The molecule has 4 N–H and O–H groups in total. The van der Waals surface area contributed by atoms with Crippen molar-refractivity contribution in [3.63, 3.8) is 0 Å². The molecule has 0 saturated heterocycles. The third-order valence-electron chi connectivity index (χ3n) is 3.31. The number of pyridine rings is 2. The van der Waals surface area contributed by atoms with Crippen LogP contribution < -0.4 is 16.4 Å². The number of nitrogens with one attached hydrogen (secondary N) is 2. The van der Waals surface area contributed by atoms with Gasteiger partial charge in [-0.05, 0) is 35.9 Å². The second-order valence-electron chi connectivity index (χ2n) is 4.77. The first-order valence-corrected chi connectivity index (χ1v) is 6.78. The zero-order valence-electron chi connectivity index (χ0n) is 11.8. The Balaban J connectivity index is 1.80. The highest BCUT2D eigenvalue weighted by atomic mass is 15.1. The molecule has 0 aliphatic carbocycles. The molecule has 0 aliphatic heterocycles. The molecule has 0 fully saturated rings. The minimum absolute atomic E-state index is 0.636. The normalized spacial score (nSPS) is 10.5. The fraction of sp³-hybridized carbons (Fsp3) is 0.125. The van der Waals surface area contributed by atoms with E-state index in [-0.39, 0.29) is 0 Å². The van der Waals surface area contributed by atoms with Gasteiger partial charge in [-0.3, -0.25) is 4.98 Å². The number of rotatable bonds is 4. The maximum Gasteiger partial charge on any atom is 0.151 e. The molecule has 3 aromatic rings. The van der Waals surface area contributed by atoms with Crippen molar-refractivity contribution >= 4 is 28.2 Å². The van der Waals surface area contributed by atoms with E-state index in [1.165, 1.54) is 0 Å². The zero-order valence-corrected chi connectivity index (χ0v) is 11.8. The van der Waals surface area contributed by atoms with E-state index < -0.39 is 0 Å². The molecule has 0 saturated carbocycles. The van der Waals surface area contributed by atoms with Crippen molar-refractivity contribution in [2.45, 2.75) is 6.54 Å². The van der Waals surface area contributed by atoms with Crippen LogP contribution in [0, 0.1) is 0 Å². The Hall–Kier alpha value is -2.82. The van der Waals surface area contributed by atoms with E-state index in [9.17, 15) is 0 Å². The van der Waals surface area contributed by atoms with Crippen LogP contribution in [0.2, 0.25) is 0 Å². The number of hydrogen-bond acceptors (Lipinski definition) is 5. The standard InChI is InChI=1S/C16H17N5/c1-18-15-7-5-13(17)16(21-15)20-10-11-4-6-14-12(9-11)3-2-8-19-14/h2-9H,10,17H2,1H3,(H2,18,20,21). The fourth-order valence-corrected chi connectivity index (χ4v) is 2.17. The number of aromatic nitrogens is 2. The molecule has 106 valence electrons. The smallest absolute Gasteiger partial charge is 0.151 e. The van der Waals surface area contributed by atoms with Crippen LogP contribution in [0.3, 0.4) is 0 Å². The molecule has 0 atom stereocenters. The van der Waals surface area contributed by atoms with Crippen molar-refractivity contribution in [3.8, 4) is 0 Å². The van der Waals surface area contributed by atoms with E-state index >= 15 is 0 Å². The van der Waals surface area contributed by atoms with Crippen LogP contribution >= 0.6 is 0 Å². The van der Waals surface area contributed by atoms with Gasteiger partial charge in [0.1, 0.15) is 5.82 Å². The van der Waals surface area contributed by atoms with E-state index in [4.69, 9.17) is 5.73 Å². The molecule has 2 heterocycles. The molecule has 0 bridgehead atoms. The molecular weight excluding hydrogens is 262 g/mol. The van der Waals surface area contributed by atoms with E-state index in [0.717, 1.165) is 22.3 Å². The second-order valence-corrected chi connectivity index (χ2v) is 4.77. The predicted molar refractivity (Wildman–Crippen MR) is 87.3 cm³/mol. The molecule has 5 nitrogen and oxygen atoms in total. The topological polar surface area (TPSA) is 75.9 Å². The minimum atomic E-state index is 0.636. The molecule has 0 radical (unpaired) electrons. The summed E-state index contributed by atoms with van der Waals surface area (Å²) in [6.07, 6.45) is 1.80. The van der Waals surface area contributed by atoms with Crippen molar-refractivity contribution in [1.29, 1.82) is 0 Å². The molecule has 0 unspecified atom stereocenters. The largest absolute Gasteiger partial charge is 0.396 e. The van der Waals surface area contributed by atoms with E-state index in [2.05, 4.69) is 38.8 Å². The summed E-state index contributed by atoms with van der Waals surface area (Å²) in [7, 11) is 1.83. The quantitative estimate of drug-likeness (QED) is 0.684. The SMILES string of the molecule is CNc1ccc(N)c(NCc2ccc3ncccc3c2)n1. The van der Waals surface area contributed by atoms with Crippen molar-refractivity contribution in [1.82, 2.24) is 9.97 Å². The lowest BCUT2D eigenvalue weighted by Gasteiger charge is -2.10. The molecule has 1 aromatic carbocycles. The van der Waals surface area contributed by atoms with Crippen LogP contribution in [-0.4, -0.2) is 17.0 Å². The zero-order chi connectivity index (χ0) is 14.7. The summed E-state index contributed by atoms with van der Waals surface area (Å²) in [6, 6.07) is 13.9. The van der Waals surface area contributed by atoms with Gasteiger partial charge in [-0.1, -0.05) is 12.1 Å². The molecule has 5 heteroatoms. The van der Waals surface area contributed by atoms with Gasteiger partial charge in [0.2, 0.25) is 0 Å². The molecule has 0 spiro atoms. The highest BCUT2D eigenvalue weighted by Gasteiger charge is 2.03. The van der Waals surface area contributed by atoms with Gasteiger partial charge in [0, 0.05) is 25.2 Å². The van der Waals surface area contributed by atoms with Gasteiger partial charge in [-0.2, -0.15) is 0 Å². The number of fused-ring (bicyclic) bond motifs is 1. The highest BCUT2D eigenvalue weighted by molar-refractivity contribution is 5.79. The molecular formula is C16H17N5. The Morgan fingerprint density at radius 1 is 1.14 bits per heavy atom. The van der Waals surface area contributed by atoms with E-state index in [1.54, 1.807) is 6.20 Å². The van der Waals surface area contributed by atoms with Crippen molar-refractivity contribution in [2.75, 3.05) is 23.4 Å². The van der Waals surface area contributed by atoms with Crippen LogP contribution in [0.15, 0.2) is 48.7 Å². The summed E-state index contributed by atoms with van der Waals surface area (Å²) in [5.74, 6) is 1.47. The van der Waals surface area contributed by atoms with Crippen molar-refractivity contribution in [3.05, 3.63) is 54.2 Å². The van der Waals surface area contributed by atoms with Crippen LogP contribution in [-0.2, 0) is 6.54 Å². The lowest BCUT2D eigenvalue weighted by molar-refractivity contribution is 1.11. The number of benzene rings is 1. The Morgan fingerprint density at radius 3 is 2.90 bits per heavy atom. The third kappa shape index (κ3) is 2.86. The molecule has 0 amide bonds. The summed E-state index contributed by atoms with van der Waals surface area (Å²) >= 11 is 0. The summed E-state index contributed by atoms with van der Waals surface area (Å²) in [6.45, 7) is 0.662. The number of hydrogen-bond donors (Lipinski definition) is 3. The number of nitrogen functional groups attached to an aromatic ring is 1. The average Bonchev–Trinajstić information content (AvgIpc) is 2.54. The van der Waals surface area contributed by atoms with Gasteiger partial charge < -0.3 is 16.4 Å². The van der Waals surface area contributed by atoms with Gasteiger partial charge in [0.15, 0.2) is 5.82 Å². The Kier molecular flexibility index (Phi) is 3.55. The lowest BCUT2D eigenvalue weighted by Crippen LogP contribution is -2.06. The van der Waals surface area contributed by atoms with E-state index in [1.807, 2.05) is 31.3 Å². The minimum Gasteiger partial charge on any atom is -0.396 e. The number of anilines is 3. The summed E-state index contributed by atoms with van der Waals surface area (Å²) in [4.78, 5) is 8.72. The maximum atomic E-state index is 5.94. The highest BCUT2D eigenvalue weighted by Crippen LogP contribution is 2.20. The van der Waals surface area contributed by atoms with Crippen LogP contribution in [0.5, 0.6) is 0 Å². The Labute approximate surface area is 123 Å². The number of nitrogens with zero attached hydrogens (tertiary/aromatic N) is 2. The van der Waals surface area contributed by atoms with Crippen molar-refractivity contribution in [2.24, 2.45) is 0 Å². The fourth-order valence-electron chi connectivity index (χ4n) is 2.17. The van der Waals surface area contributed by atoms with Gasteiger partial charge >= 0.3 is 0 Å². The average molecular weight is 279 g/mol. The van der Waals surface area contributed by atoms with Crippen molar-refractivity contribution < 1.29 is 0 Å². The van der Waals surface area contributed by atoms with Crippen LogP contribution in [0.25, 0.3) is 10.9 Å². The summed E-state index contributed by atoms with van der Waals surface area (Å²) in [5.41, 5.74) is 8.73. The molecule has 21 heavy (non-hydrogen) atoms. The first-order valence-electron chi connectivity index (χ1n) is 6.78. The monoisotopic (exact) mass is 279 g/mol. The predicted octanol–water partition coefficient (Wildman–Crippen LogP) is 2.87. The third-order valence-corrected chi connectivity index (χ3v) is 3.31. The van der Waals surface area contributed by atoms with Crippen LogP contribution in [0.1, 0.15) is 5.56 Å². The second kappa shape index (κ2) is 5.66. The first-order chi connectivity index (χ1) is 10.3.